The Balaban J connectivity index is 1.27. The monoisotopic (exact) mass is 1190 g/mol. The molecule has 6 saturated heterocycles. The van der Waals surface area contributed by atoms with E-state index < -0.39 is 210 Å². The third kappa shape index (κ3) is 17.2. The number of rotatable bonds is 28. The van der Waals surface area contributed by atoms with Crippen molar-refractivity contribution in [2.75, 3.05) is 20.3 Å². The average molecular weight is 1190 g/mol. The molecule has 28 heteroatoms. The van der Waals surface area contributed by atoms with E-state index in [0.29, 0.717) is 19.3 Å². The lowest BCUT2D eigenvalue weighted by Crippen LogP contribution is -2.67. The fourth-order valence-corrected chi connectivity index (χ4v) is 11.7. The molecule has 480 valence electrons. The van der Waals surface area contributed by atoms with Gasteiger partial charge in [-0.25, -0.2) is 0 Å². The smallest absolute Gasteiger partial charge is 0.305 e. The van der Waals surface area contributed by atoms with Crippen LogP contribution in [0, 0.1) is 5.92 Å². The van der Waals surface area contributed by atoms with Crippen LogP contribution in [-0.4, -0.2) is 287 Å². The van der Waals surface area contributed by atoms with Crippen molar-refractivity contribution in [1.29, 1.82) is 0 Å². The topological polar surface area (TPSA) is 431 Å². The van der Waals surface area contributed by atoms with Gasteiger partial charge in [-0.15, -0.1) is 0 Å². The summed E-state index contributed by atoms with van der Waals surface area (Å²) in [4.78, 5) is 11.5. The zero-order valence-corrected chi connectivity index (χ0v) is 47.7. The molecule has 0 aromatic carbocycles. The molecule has 6 fully saturated rings. The lowest BCUT2D eigenvalue weighted by molar-refractivity contribution is -0.398. The highest BCUT2D eigenvalue weighted by Gasteiger charge is 2.58. The zero-order chi connectivity index (χ0) is 60.3. The SMILES string of the molecule is CCCCCC(CCCCCCCCCC(=O)OC)O[C@@H]1O[C@H](C)[C@@H](O)[C@H](O)[C@H]1O[C@@H]1O[C@H](CO)[C@@H](O)[C@H](O)[C@H]1O[C@@H]1O[C@@H](C)[C@H](O[C@@H]2O[C@H](C)[C@H](O)[C@H](O)[C@H]2O)[C@@H](C[C@@H]2O[C@H](CO)[C@@H](O)[C@H](O)[C@H]2O[C@@H]2O[C@H](C)[C@@H](O)[C@H](O)[C@H]2O)[C@H]1O. The van der Waals surface area contributed by atoms with Gasteiger partial charge in [-0.3, -0.25) is 4.79 Å². The molecule has 0 radical (unpaired) electrons. The summed E-state index contributed by atoms with van der Waals surface area (Å²) < 4.78 is 72.4. The Labute approximate surface area is 477 Å². The maximum Gasteiger partial charge on any atom is 0.305 e. The highest BCUT2D eigenvalue weighted by Crippen LogP contribution is 2.41. The van der Waals surface area contributed by atoms with Gasteiger partial charge in [0.1, 0.15) is 110 Å². The Hall–Kier alpha value is -1.57. The number of esters is 1. The minimum atomic E-state index is -2.01. The van der Waals surface area contributed by atoms with Crippen LogP contribution in [0.15, 0.2) is 0 Å². The molecule has 1 unspecified atom stereocenters. The van der Waals surface area contributed by atoms with Gasteiger partial charge in [0.2, 0.25) is 0 Å². The number of carbonyl (C=O) groups excluding carboxylic acids is 1. The molecular weight excluding hydrogens is 1100 g/mol. The number of aliphatic hydroxyl groups excluding tert-OH is 15. The highest BCUT2D eigenvalue weighted by molar-refractivity contribution is 5.68. The van der Waals surface area contributed by atoms with Crippen LogP contribution in [0.4, 0.5) is 0 Å². The highest BCUT2D eigenvalue weighted by atomic mass is 16.8. The van der Waals surface area contributed by atoms with Crippen molar-refractivity contribution in [3.05, 3.63) is 0 Å². The second-order valence-corrected chi connectivity index (χ2v) is 23.0. The van der Waals surface area contributed by atoms with Crippen molar-refractivity contribution in [2.24, 2.45) is 5.92 Å². The third-order valence-electron chi connectivity index (χ3n) is 16.9. The normalized spacial score (nSPS) is 46.1. The summed E-state index contributed by atoms with van der Waals surface area (Å²) in [5.74, 6) is -1.66. The summed E-state index contributed by atoms with van der Waals surface area (Å²) in [6.07, 6.45) is -38.0. The van der Waals surface area contributed by atoms with Gasteiger partial charge < -0.3 is 133 Å². The second kappa shape index (κ2) is 32.6. The van der Waals surface area contributed by atoms with E-state index in [9.17, 15) is 81.4 Å². The molecule has 6 heterocycles. The Morgan fingerprint density at radius 1 is 0.402 bits per heavy atom. The van der Waals surface area contributed by atoms with Gasteiger partial charge in [-0.1, -0.05) is 64.7 Å². The largest absolute Gasteiger partial charge is 0.469 e. The average Bonchev–Trinajstić information content (AvgIpc) is 2.79. The molecule has 31 atom stereocenters. The first-order valence-corrected chi connectivity index (χ1v) is 29.3. The van der Waals surface area contributed by atoms with Gasteiger partial charge in [0.25, 0.3) is 0 Å². The van der Waals surface area contributed by atoms with Gasteiger partial charge in [0.05, 0.1) is 63.1 Å². The fourth-order valence-electron chi connectivity index (χ4n) is 11.7. The van der Waals surface area contributed by atoms with Gasteiger partial charge in [-0.2, -0.15) is 0 Å². The first-order valence-electron chi connectivity index (χ1n) is 29.3. The maximum absolute atomic E-state index is 12.6. The molecular formula is C54H96O28. The van der Waals surface area contributed by atoms with Crippen LogP contribution in [0.1, 0.15) is 125 Å². The summed E-state index contributed by atoms with van der Waals surface area (Å²) in [5.41, 5.74) is 0. The number of unbranched alkanes of at least 4 members (excludes halogenated alkanes) is 8. The van der Waals surface area contributed by atoms with E-state index in [2.05, 4.69) is 6.92 Å². The van der Waals surface area contributed by atoms with Gasteiger partial charge in [-0.05, 0) is 53.4 Å². The quantitative estimate of drug-likeness (QED) is 0.0265. The second-order valence-electron chi connectivity index (χ2n) is 23.0. The van der Waals surface area contributed by atoms with Gasteiger partial charge >= 0.3 is 5.97 Å². The first-order chi connectivity index (χ1) is 39.0. The van der Waals surface area contributed by atoms with Crippen LogP contribution in [0.2, 0.25) is 0 Å². The fraction of sp³-hybridized carbons (Fsp3) is 0.981. The molecule has 0 amide bonds. The van der Waals surface area contributed by atoms with E-state index in [1.54, 1.807) is 0 Å². The van der Waals surface area contributed by atoms with Gasteiger partial charge in [0, 0.05) is 12.3 Å². The first kappa shape index (κ1) is 69.5. The molecule has 0 aliphatic carbocycles. The van der Waals surface area contributed by atoms with Crippen molar-refractivity contribution in [2.45, 2.75) is 309 Å². The van der Waals surface area contributed by atoms with E-state index >= 15 is 0 Å². The van der Waals surface area contributed by atoms with Crippen molar-refractivity contribution in [3.8, 4) is 0 Å². The Kier molecular flexibility index (Phi) is 27.6. The number of hydrogen-bond donors (Lipinski definition) is 15. The van der Waals surface area contributed by atoms with Crippen molar-refractivity contribution < 1.29 is 138 Å². The van der Waals surface area contributed by atoms with E-state index in [1.165, 1.54) is 34.8 Å². The van der Waals surface area contributed by atoms with Crippen LogP contribution in [0.5, 0.6) is 0 Å². The molecule has 6 aliphatic rings. The molecule has 82 heavy (non-hydrogen) atoms. The summed E-state index contributed by atoms with van der Waals surface area (Å²) in [5, 5.41) is 166. The van der Waals surface area contributed by atoms with Crippen molar-refractivity contribution in [1.82, 2.24) is 0 Å². The minimum Gasteiger partial charge on any atom is -0.469 e. The van der Waals surface area contributed by atoms with E-state index in [-0.39, 0.29) is 5.97 Å². The molecule has 6 rings (SSSR count). The van der Waals surface area contributed by atoms with Gasteiger partial charge in [0.15, 0.2) is 31.5 Å². The Bertz CT molecular complexity index is 1850. The lowest BCUT2D eigenvalue weighted by Gasteiger charge is -2.51. The predicted molar refractivity (Wildman–Crippen MR) is 277 cm³/mol. The number of carbonyl (C=O) groups is 1. The molecule has 0 saturated carbocycles. The summed E-state index contributed by atoms with van der Waals surface area (Å²) in [7, 11) is 1.37. The lowest BCUT2D eigenvalue weighted by atomic mass is 9.81. The van der Waals surface area contributed by atoms with Crippen LogP contribution >= 0.6 is 0 Å². The van der Waals surface area contributed by atoms with Crippen LogP contribution < -0.4 is 0 Å². The van der Waals surface area contributed by atoms with Crippen LogP contribution in [0.25, 0.3) is 0 Å². The Morgan fingerprint density at radius 2 is 0.817 bits per heavy atom. The number of hydrogen-bond acceptors (Lipinski definition) is 28. The molecule has 0 spiro atoms. The summed E-state index contributed by atoms with van der Waals surface area (Å²) >= 11 is 0. The Morgan fingerprint density at radius 3 is 1.37 bits per heavy atom. The third-order valence-corrected chi connectivity index (χ3v) is 16.9. The molecule has 0 aromatic rings. The number of ether oxygens (including phenoxy) is 12. The molecule has 15 N–H and O–H groups in total. The zero-order valence-electron chi connectivity index (χ0n) is 47.7. The molecule has 0 aromatic heterocycles. The van der Waals surface area contributed by atoms with E-state index in [4.69, 9.17) is 56.8 Å². The standard InChI is InChI=1S/C54H96O28/c1-7-8-14-17-27(18-15-12-10-9-11-13-16-19-32(57)71-6)76-53-48(41(66)35(60)25(4)74-53)82-54-49(43(68)38(63)31(22-56)78-54)81-50-36(61)28(46(26(5)75-50)79-51-44(69)39(64)33(58)23(2)72-51)20-29-47(42(67)37(62)30(21-55)77-29)80-52-45(70)40(65)34(59)24(3)73-52/h23-31,33-56,58-70H,7-22H2,1-6H3/t23-,24-,25-,26+,27?,28+,29+,30-,31-,33+,34-,35-,36-,37-,38-,39+,40+,41+,42+,43+,44-,45-,46+,47+,48-,49-,50+,51+,52+,53+,54+/m1/s1. The van der Waals surface area contributed by atoms with E-state index in [0.717, 1.165) is 64.2 Å². The summed E-state index contributed by atoms with van der Waals surface area (Å²) in [6.45, 7) is 6.11. The minimum absolute atomic E-state index is 0.231. The predicted octanol–water partition coefficient (Wildman–Crippen LogP) is -3.67. The molecule has 6 aliphatic heterocycles. The molecule has 28 nitrogen and oxygen atoms in total. The van der Waals surface area contributed by atoms with Crippen molar-refractivity contribution >= 4 is 5.97 Å². The summed E-state index contributed by atoms with van der Waals surface area (Å²) in [6, 6.07) is 0. The van der Waals surface area contributed by atoms with E-state index in [1.807, 2.05) is 0 Å². The molecule has 0 bridgehead atoms. The number of methoxy groups -OCH3 is 1. The van der Waals surface area contributed by atoms with Crippen LogP contribution in [0.3, 0.4) is 0 Å². The maximum atomic E-state index is 12.6. The van der Waals surface area contributed by atoms with Crippen LogP contribution in [-0.2, 0) is 61.6 Å². The number of aliphatic hydroxyl groups is 15. The van der Waals surface area contributed by atoms with Crippen molar-refractivity contribution in [3.63, 3.8) is 0 Å².